The van der Waals surface area contributed by atoms with E-state index in [-0.39, 0.29) is 29.9 Å². The Kier molecular flexibility index (Phi) is 7.41. The smallest absolute Gasteiger partial charge is 0.273 e. The molecule has 8 nitrogen and oxygen atoms in total. The molecular weight excluding hydrogens is 370 g/mol. The van der Waals surface area contributed by atoms with Crippen LogP contribution in [0.1, 0.15) is 55.9 Å². The number of anilines is 1. The zero-order valence-electron chi connectivity index (χ0n) is 17.8. The van der Waals surface area contributed by atoms with Crippen LogP contribution < -0.4 is 5.32 Å². The molecule has 160 valence electrons. The van der Waals surface area contributed by atoms with E-state index in [1.165, 1.54) is 11.1 Å². The number of nitrogens with zero attached hydrogens (tertiary/aromatic N) is 4. The van der Waals surface area contributed by atoms with E-state index < -0.39 is 0 Å². The van der Waals surface area contributed by atoms with E-state index in [2.05, 4.69) is 22.2 Å². The van der Waals surface area contributed by atoms with Gasteiger partial charge in [0.25, 0.3) is 5.91 Å². The fourth-order valence-electron chi connectivity index (χ4n) is 4.13. The first-order valence-corrected chi connectivity index (χ1v) is 10.7. The van der Waals surface area contributed by atoms with Crippen molar-refractivity contribution in [2.75, 3.05) is 39.1 Å². The molecule has 0 radical (unpaired) electrons. The van der Waals surface area contributed by atoms with Gasteiger partial charge in [-0.15, -0.1) is 0 Å². The molecule has 0 aromatic carbocycles. The molecule has 1 aliphatic carbocycles. The third kappa shape index (κ3) is 5.44. The Labute approximate surface area is 173 Å². The molecule has 0 unspecified atom stereocenters. The van der Waals surface area contributed by atoms with Gasteiger partial charge in [-0.1, -0.05) is 6.92 Å². The molecule has 2 heterocycles. The molecule has 1 aromatic rings. The van der Waals surface area contributed by atoms with Crippen LogP contribution in [0, 0.1) is 5.92 Å². The molecule has 1 saturated carbocycles. The minimum absolute atomic E-state index is 0.0285. The Bertz CT molecular complexity index is 705. The van der Waals surface area contributed by atoms with Crippen LogP contribution in [0.3, 0.4) is 0 Å². The molecule has 3 atom stereocenters. The van der Waals surface area contributed by atoms with Gasteiger partial charge in [0.1, 0.15) is 11.5 Å². The summed E-state index contributed by atoms with van der Waals surface area (Å²) in [6.45, 7) is 4.53. The first kappa shape index (κ1) is 21.5. The Morgan fingerprint density at radius 2 is 2.00 bits per heavy atom. The van der Waals surface area contributed by atoms with Crippen molar-refractivity contribution in [2.24, 2.45) is 5.92 Å². The maximum absolute atomic E-state index is 12.9. The van der Waals surface area contributed by atoms with Crippen LogP contribution in [0.4, 0.5) is 5.82 Å². The van der Waals surface area contributed by atoms with Crippen molar-refractivity contribution < 1.29 is 14.3 Å². The van der Waals surface area contributed by atoms with Gasteiger partial charge in [0, 0.05) is 39.7 Å². The van der Waals surface area contributed by atoms with E-state index in [0.29, 0.717) is 18.1 Å². The van der Waals surface area contributed by atoms with E-state index in [0.717, 1.165) is 51.6 Å². The monoisotopic (exact) mass is 403 g/mol. The third-order valence-electron chi connectivity index (χ3n) is 5.69. The van der Waals surface area contributed by atoms with Gasteiger partial charge < -0.3 is 19.9 Å². The third-order valence-corrected chi connectivity index (χ3v) is 5.69. The maximum atomic E-state index is 12.9. The Balaban J connectivity index is 1.67. The zero-order chi connectivity index (χ0) is 20.8. The van der Waals surface area contributed by atoms with Gasteiger partial charge in [0.15, 0.2) is 0 Å². The summed E-state index contributed by atoms with van der Waals surface area (Å²) in [6, 6.07) is 0.0446. The number of carbonyl (C=O) groups excluding carboxylic acids is 2. The molecule has 0 spiro atoms. The Hall–Kier alpha value is -2.22. The SMILES string of the molecule is CCCO[C@H]1C[C@@H](C(=O)N2CCCC2)CC[C@@H]1Nc1cncc(C(=O)N(C)C)n1. The van der Waals surface area contributed by atoms with Crippen LogP contribution in [0.5, 0.6) is 0 Å². The largest absolute Gasteiger partial charge is 0.376 e. The number of ether oxygens (including phenoxy) is 1. The molecule has 1 saturated heterocycles. The second-order valence-electron chi connectivity index (χ2n) is 8.19. The minimum Gasteiger partial charge on any atom is -0.376 e. The lowest BCUT2D eigenvalue weighted by Gasteiger charge is -2.37. The topological polar surface area (TPSA) is 87.7 Å². The predicted octanol–water partition coefficient (Wildman–Crippen LogP) is 2.18. The van der Waals surface area contributed by atoms with Gasteiger partial charge >= 0.3 is 0 Å². The second kappa shape index (κ2) is 10.0. The summed E-state index contributed by atoms with van der Waals surface area (Å²) in [4.78, 5) is 37.1. The van der Waals surface area contributed by atoms with E-state index in [4.69, 9.17) is 4.74 Å². The molecule has 8 heteroatoms. The maximum Gasteiger partial charge on any atom is 0.273 e. The first-order chi connectivity index (χ1) is 14.0. The number of nitrogens with one attached hydrogen (secondary N) is 1. The van der Waals surface area contributed by atoms with Crippen molar-refractivity contribution in [3.63, 3.8) is 0 Å². The van der Waals surface area contributed by atoms with Crippen LogP contribution in [0.25, 0.3) is 0 Å². The van der Waals surface area contributed by atoms with Gasteiger partial charge in [-0.2, -0.15) is 0 Å². The van der Waals surface area contributed by atoms with Crippen molar-refractivity contribution in [1.29, 1.82) is 0 Å². The van der Waals surface area contributed by atoms with E-state index >= 15 is 0 Å². The fraction of sp³-hybridized carbons (Fsp3) is 0.714. The highest BCUT2D eigenvalue weighted by Gasteiger charge is 2.37. The van der Waals surface area contributed by atoms with Crippen molar-refractivity contribution in [2.45, 2.75) is 57.6 Å². The molecule has 1 aromatic heterocycles. The molecule has 2 amide bonds. The molecule has 2 fully saturated rings. The number of hydrogen-bond acceptors (Lipinski definition) is 6. The fourth-order valence-corrected chi connectivity index (χ4v) is 4.13. The van der Waals surface area contributed by atoms with Gasteiger partial charge in [0.2, 0.25) is 5.91 Å². The molecule has 3 rings (SSSR count). The number of carbonyl (C=O) groups is 2. The summed E-state index contributed by atoms with van der Waals surface area (Å²) < 4.78 is 6.12. The van der Waals surface area contributed by atoms with Gasteiger partial charge in [-0.05, 0) is 38.5 Å². The van der Waals surface area contributed by atoms with Crippen molar-refractivity contribution >= 4 is 17.6 Å². The molecule has 29 heavy (non-hydrogen) atoms. The number of aromatic nitrogens is 2. The van der Waals surface area contributed by atoms with Crippen LogP contribution in [-0.4, -0.2) is 77.5 Å². The lowest BCUT2D eigenvalue weighted by atomic mass is 9.83. The summed E-state index contributed by atoms with van der Waals surface area (Å²) in [7, 11) is 3.38. The van der Waals surface area contributed by atoms with Crippen molar-refractivity contribution in [3.8, 4) is 0 Å². The zero-order valence-corrected chi connectivity index (χ0v) is 17.8. The van der Waals surface area contributed by atoms with Crippen LogP contribution in [0.2, 0.25) is 0 Å². The molecule has 2 aliphatic rings. The standard InChI is InChI=1S/C21H33N5O3/c1-4-11-29-18-12-15(20(27)26-9-5-6-10-26)7-8-16(18)23-19-14-22-13-17(24-19)21(28)25(2)3/h13-16,18H,4-12H2,1-3H3,(H,23,24)/t15-,16-,18-/m0/s1. The quantitative estimate of drug-likeness (QED) is 0.751. The molecule has 1 aliphatic heterocycles. The lowest BCUT2D eigenvalue weighted by Crippen LogP contribution is -2.46. The average Bonchev–Trinajstić information content (AvgIpc) is 3.27. The summed E-state index contributed by atoms with van der Waals surface area (Å²) in [5, 5.41) is 3.41. The normalized spacial score (nSPS) is 24.4. The van der Waals surface area contributed by atoms with Gasteiger partial charge in [-0.25, -0.2) is 4.98 Å². The Morgan fingerprint density at radius 1 is 1.24 bits per heavy atom. The molecular formula is C21H33N5O3. The van der Waals surface area contributed by atoms with Crippen LogP contribution in [0.15, 0.2) is 12.4 Å². The van der Waals surface area contributed by atoms with E-state index in [1.54, 1.807) is 20.3 Å². The number of rotatable bonds is 7. The number of hydrogen-bond donors (Lipinski definition) is 1. The molecule has 1 N–H and O–H groups in total. The van der Waals surface area contributed by atoms with Crippen molar-refractivity contribution in [3.05, 3.63) is 18.1 Å². The molecule has 0 bridgehead atoms. The first-order valence-electron chi connectivity index (χ1n) is 10.7. The van der Waals surface area contributed by atoms with Crippen molar-refractivity contribution in [1.82, 2.24) is 19.8 Å². The average molecular weight is 404 g/mol. The number of amides is 2. The summed E-state index contributed by atoms with van der Waals surface area (Å²) in [5.41, 5.74) is 0.309. The van der Waals surface area contributed by atoms with Gasteiger partial charge in [-0.3, -0.25) is 14.6 Å². The summed E-state index contributed by atoms with van der Waals surface area (Å²) in [6.07, 6.45) is 8.58. The highest BCUT2D eigenvalue weighted by molar-refractivity contribution is 5.91. The summed E-state index contributed by atoms with van der Waals surface area (Å²) >= 11 is 0. The van der Waals surface area contributed by atoms with Crippen LogP contribution >= 0.6 is 0 Å². The number of likely N-dealkylation sites (tertiary alicyclic amines) is 1. The lowest BCUT2D eigenvalue weighted by molar-refractivity contribution is -0.137. The summed E-state index contributed by atoms with van der Waals surface area (Å²) in [5.74, 6) is 0.696. The van der Waals surface area contributed by atoms with Crippen LogP contribution in [-0.2, 0) is 9.53 Å². The highest BCUT2D eigenvalue weighted by atomic mass is 16.5. The van der Waals surface area contributed by atoms with E-state index in [1.807, 2.05) is 4.90 Å². The minimum atomic E-state index is -0.181. The second-order valence-corrected chi connectivity index (χ2v) is 8.19. The van der Waals surface area contributed by atoms with E-state index in [9.17, 15) is 9.59 Å². The predicted molar refractivity (Wildman–Crippen MR) is 111 cm³/mol. The Morgan fingerprint density at radius 3 is 2.69 bits per heavy atom. The van der Waals surface area contributed by atoms with Gasteiger partial charge in [0.05, 0.1) is 24.5 Å². The highest BCUT2D eigenvalue weighted by Crippen LogP contribution is 2.31.